The molecule has 1 saturated heterocycles. The Morgan fingerprint density at radius 1 is 1.56 bits per heavy atom. The fourth-order valence-electron chi connectivity index (χ4n) is 2.25. The van der Waals surface area contributed by atoms with Gasteiger partial charge in [-0.1, -0.05) is 11.6 Å². The van der Waals surface area contributed by atoms with Gasteiger partial charge in [0.25, 0.3) is 0 Å². The van der Waals surface area contributed by atoms with Crippen LogP contribution in [0.2, 0.25) is 5.02 Å². The second-order valence-corrected chi connectivity index (χ2v) is 5.42. The highest BCUT2D eigenvalue weighted by Crippen LogP contribution is 2.25. The van der Waals surface area contributed by atoms with E-state index in [-0.39, 0.29) is 0 Å². The molecule has 1 aliphatic rings. The van der Waals surface area contributed by atoms with E-state index in [1.165, 1.54) is 6.42 Å². The quantitative estimate of drug-likeness (QED) is 0.795. The molecule has 0 saturated carbocycles. The van der Waals surface area contributed by atoms with E-state index in [1.807, 2.05) is 13.1 Å². The normalized spacial score (nSPS) is 19.8. The summed E-state index contributed by atoms with van der Waals surface area (Å²) in [6.45, 7) is 2.65. The SMILES string of the molecule is CN(CC1CCCOC1)c1ncc(CCl)cc1Cl. The Morgan fingerprint density at radius 3 is 3.00 bits per heavy atom. The van der Waals surface area contributed by atoms with Gasteiger partial charge < -0.3 is 9.64 Å². The summed E-state index contributed by atoms with van der Waals surface area (Å²) in [6, 6.07) is 1.88. The zero-order valence-corrected chi connectivity index (χ0v) is 12.0. The molecule has 1 aromatic rings. The minimum Gasteiger partial charge on any atom is -0.381 e. The van der Waals surface area contributed by atoms with Gasteiger partial charge in [0.1, 0.15) is 5.82 Å². The Morgan fingerprint density at radius 2 is 2.39 bits per heavy atom. The minimum atomic E-state index is 0.438. The lowest BCUT2D eigenvalue weighted by Gasteiger charge is -2.28. The van der Waals surface area contributed by atoms with Crippen molar-refractivity contribution in [2.75, 3.05) is 31.7 Å². The summed E-state index contributed by atoms with van der Waals surface area (Å²) in [7, 11) is 2.02. The van der Waals surface area contributed by atoms with Crippen LogP contribution in [0, 0.1) is 5.92 Å². The molecule has 1 unspecified atom stereocenters. The fourth-order valence-corrected chi connectivity index (χ4v) is 2.73. The van der Waals surface area contributed by atoms with Gasteiger partial charge in [-0.05, 0) is 30.4 Å². The molecule has 0 aliphatic carbocycles. The average Bonchev–Trinajstić information content (AvgIpc) is 2.39. The molecule has 100 valence electrons. The van der Waals surface area contributed by atoms with Crippen LogP contribution in [0.4, 0.5) is 5.82 Å². The molecule has 0 radical (unpaired) electrons. The van der Waals surface area contributed by atoms with Crippen LogP contribution in [0.25, 0.3) is 0 Å². The van der Waals surface area contributed by atoms with Crippen molar-refractivity contribution >= 4 is 29.0 Å². The van der Waals surface area contributed by atoms with E-state index >= 15 is 0 Å². The van der Waals surface area contributed by atoms with Crippen molar-refractivity contribution in [2.24, 2.45) is 5.92 Å². The van der Waals surface area contributed by atoms with Crippen LogP contribution in [0.15, 0.2) is 12.3 Å². The van der Waals surface area contributed by atoms with Gasteiger partial charge in [-0.2, -0.15) is 0 Å². The van der Waals surface area contributed by atoms with E-state index in [0.29, 0.717) is 16.8 Å². The third-order valence-corrected chi connectivity index (χ3v) is 3.77. The first-order valence-electron chi connectivity index (χ1n) is 6.20. The summed E-state index contributed by atoms with van der Waals surface area (Å²) in [5.74, 6) is 1.82. The molecule has 0 amide bonds. The number of pyridine rings is 1. The molecule has 2 heterocycles. The van der Waals surface area contributed by atoms with Gasteiger partial charge in [0.2, 0.25) is 0 Å². The monoisotopic (exact) mass is 288 g/mol. The lowest BCUT2D eigenvalue weighted by Crippen LogP contribution is -2.31. The lowest BCUT2D eigenvalue weighted by molar-refractivity contribution is 0.0576. The summed E-state index contributed by atoms with van der Waals surface area (Å²) in [6.07, 6.45) is 4.13. The highest BCUT2D eigenvalue weighted by atomic mass is 35.5. The van der Waals surface area contributed by atoms with Gasteiger partial charge in [-0.25, -0.2) is 4.98 Å². The maximum Gasteiger partial charge on any atom is 0.147 e. The van der Waals surface area contributed by atoms with Crippen LogP contribution in [0.3, 0.4) is 0 Å². The first-order chi connectivity index (χ1) is 8.70. The topological polar surface area (TPSA) is 25.4 Å². The standard InChI is InChI=1S/C13H18Cl2N2O/c1-17(8-10-3-2-4-18-9-10)13-12(15)5-11(6-14)7-16-13/h5,7,10H,2-4,6,8-9H2,1H3. The molecule has 0 spiro atoms. The van der Waals surface area contributed by atoms with Gasteiger partial charge in [0.05, 0.1) is 11.6 Å². The summed E-state index contributed by atoms with van der Waals surface area (Å²) < 4.78 is 5.49. The zero-order valence-electron chi connectivity index (χ0n) is 10.5. The van der Waals surface area contributed by atoms with E-state index in [9.17, 15) is 0 Å². The van der Waals surface area contributed by atoms with Gasteiger partial charge in [-0.3, -0.25) is 0 Å². The molecular formula is C13H18Cl2N2O. The van der Waals surface area contributed by atoms with E-state index < -0.39 is 0 Å². The summed E-state index contributed by atoms with van der Waals surface area (Å²) in [4.78, 5) is 6.48. The maximum absolute atomic E-state index is 6.23. The summed E-state index contributed by atoms with van der Waals surface area (Å²) in [5.41, 5.74) is 0.944. The van der Waals surface area contributed by atoms with E-state index in [2.05, 4.69) is 9.88 Å². The molecule has 1 aromatic heterocycles. The van der Waals surface area contributed by atoms with Crippen molar-refractivity contribution in [1.29, 1.82) is 0 Å². The molecule has 0 N–H and O–H groups in total. The molecule has 2 rings (SSSR count). The van der Waals surface area contributed by atoms with Crippen molar-refractivity contribution in [3.63, 3.8) is 0 Å². The van der Waals surface area contributed by atoms with Gasteiger partial charge in [0.15, 0.2) is 0 Å². The highest BCUT2D eigenvalue weighted by Gasteiger charge is 2.18. The van der Waals surface area contributed by atoms with E-state index in [0.717, 1.165) is 37.6 Å². The number of anilines is 1. The molecule has 18 heavy (non-hydrogen) atoms. The second-order valence-electron chi connectivity index (χ2n) is 4.75. The van der Waals surface area contributed by atoms with Crippen molar-refractivity contribution in [3.8, 4) is 0 Å². The molecule has 5 heteroatoms. The minimum absolute atomic E-state index is 0.438. The fraction of sp³-hybridized carbons (Fsp3) is 0.615. The molecule has 3 nitrogen and oxygen atoms in total. The van der Waals surface area contributed by atoms with Crippen molar-refractivity contribution in [1.82, 2.24) is 4.98 Å². The Bertz CT molecular complexity index is 395. The number of aromatic nitrogens is 1. The highest BCUT2D eigenvalue weighted by molar-refractivity contribution is 6.33. The predicted molar refractivity (Wildman–Crippen MR) is 75.6 cm³/mol. The molecule has 0 bridgehead atoms. The molecule has 0 aromatic carbocycles. The van der Waals surface area contributed by atoms with E-state index in [4.69, 9.17) is 27.9 Å². The first kappa shape index (κ1) is 13.9. The van der Waals surface area contributed by atoms with Crippen LogP contribution in [-0.4, -0.2) is 31.8 Å². The van der Waals surface area contributed by atoms with Crippen molar-refractivity contribution in [2.45, 2.75) is 18.7 Å². The number of ether oxygens (including phenoxy) is 1. The Labute approximate surface area is 118 Å². The predicted octanol–water partition coefficient (Wildman–Crippen LogP) is 3.34. The van der Waals surface area contributed by atoms with Crippen LogP contribution < -0.4 is 4.90 Å². The first-order valence-corrected chi connectivity index (χ1v) is 7.11. The average molecular weight is 289 g/mol. The van der Waals surface area contributed by atoms with Crippen LogP contribution >= 0.6 is 23.2 Å². The smallest absolute Gasteiger partial charge is 0.147 e. The Kier molecular flexibility index (Phi) is 5.10. The third-order valence-electron chi connectivity index (χ3n) is 3.18. The maximum atomic E-state index is 6.23. The van der Waals surface area contributed by atoms with E-state index in [1.54, 1.807) is 6.20 Å². The number of rotatable bonds is 4. The molecule has 1 atom stereocenters. The lowest BCUT2D eigenvalue weighted by atomic mass is 10.0. The van der Waals surface area contributed by atoms with Crippen molar-refractivity contribution in [3.05, 3.63) is 22.8 Å². The molecule has 1 aliphatic heterocycles. The number of alkyl halides is 1. The van der Waals surface area contributed by atoms with Gasteiger partial charge >= 0.3 is 0 Å². The Hall–Kier alpha value is -0.510. The van der Waals surface area contributed by atoms with Crippen molar-refractivity contribution < 1.29 is 4.74 Å². The Balaban J connectivity index is 2.01. The largest absolute Gasteiger partial charge is 0.381 e. The van der Waals surface area contributed by atoms with Crippen LogP contribution in [0.5, 0.6) is 0 Å². The van der Waals surface area contributed by atoms with Crippen LogP contribution in [-0.2, 0) is 10.6 Å². The van der Waals surface area contributed by atoms with Crippen LogP contribution in [0.1, 0.15) is 18.4 Å². The zero-order chi connectivity index (χ0) is 13.0. The summed E-state index contributed by atoms with van der Waals surface area (Å²) >= 11 is 12.0. The number of hydrogen-bond acceptors (Lipinski definition) is 3. The summed E-state index contributed by atoms with van der Waals surface area (Å²) in [5, 5.41) is 0.660. The second kappa shape index (κ2) is 6.60. The van der Waals surface area contributed by atoms with Gasteiger partial charge in [-0.15, -0.1) is 11.6 Å². The molecular weight excluding hydrogens is 271 g/mol. The molecule has 1 fully saturated rings. The number of nitrogens with zero attached hydrogens (tertiary/aromatic N) is 2. The number of hydrogen-bond donors (Lipinski definition) is 0. The number of halogens is 2. The van der Waals surface area contributed by atoms with Gasteiger partial charge in [0, 0.05) is 32.3 Å². The third kappa shape index (κ3) is 3.50.